The molecule has 6 nitrogen and oxygen atoms in total. The molecule has 2 fully saturated rings. The van der Waals surface area contributed by atoms with Gasteiger partial charge in [0.25, 0.3) is 5.91 Å². The van der Waals surface area contributed by atoms with E-state index in [-0.39, 0.29) is 5.91 Å². The first-order valence-electron chi connectivity index (χ1n) is 9.77. The van der Waals surface area contributed by atoms with Crippen LogP contribution in [0.4, 0.5) is 0 Å². The Morgan fingerprint density at radius 1 is 1.12 bits per heavy atom. The Labute approximate surface area is 154 Å². The molecule has 26 heavy (non-hydrogen) atoms. The highest BCUT2D eigenvalue weighted by atomic mass is 16.2. The van der Waals surface area contributed by atoms with E-state index < -0.39 is 0 Å². The first kappa shape index (κ1) is 17.2. The normalized spacial score (nSPS) is 21.3. The lowest BCUT2D eigenvalue weighted by Gasteiger charge is -2.30. The van der Waals surface area contributed by atoms with Gasteiger partial charge in [0.15, 0.2) is 5.69 Å². The van der Waals surface area contributed by atoms with Gasteiger partial charge in [-0.25, -0.2) is 0 Å². The zero-order valence-corrected chi connectivity index (χ0v) is 15.2. The van der Waals surface area contributed by atoms with Crippen molar-refractivity contribution in [2.24, 2.45) is 0 Å². The fraction of sp³-hybridized carbons (Fsp3) is 0.550. The molecule has 0 unspecified atom stereocenters. The summed E-state index contributed by atoms with van der Waals surface area (Å²) in [7, 11) is 0. The third-order valence-electron chi connectivity index (χ3n) is 5.68. The Kier molecular flexibility index (Phi) is 5.29. The number of carbonyl (C=O) groups is 1. The molecule has 6 heteroatoms. The largest absolute Gasteiger partial charge is 0.347 e. The topological polar surface area (TPSA) is 63.1 Å². The third kappa shape index (κ3) is 3.96. The van der Waals surface area contributed by atoms with E-state index in [9.17, 15) is 4.79 Å². The van der Waals surface area contributed by atoms with Gasteiger partial charge in [-0.3, -0.25) is 14.4 Å². The van der Waals surface area contributed by atoms with Crippen molar-refractivity contribution in [1.82, 2.24) is 25.2 Å². The average Bonchev–Trinajstić information content (AvgIpc) is 3.42. The number of rotatable bonds is 6. The minimum Gasteiger partial charge on any atom is -0.347 e. The van der Waals surface area contributed by atoms with E-state index >= 15 is 0 Å². The molecule has 1 aromatic carbocycles. The van der Waals surface area contributed by atoms with Gasteiger partial charge in [-0.05, 0) is 37.8 Å². The number of aromatic nitrogens is 3. The number of carbonyl (C=O) groups excluding carboxylic acids is 1. The maximum absolute atomic E-state index is 12.3. The Morgan fingerprint density at radius 3 is 2.73 bits per heavy atom. The second-order valence-electron chi connectivity index (χ2n) is 7.47. The van der Waals surface area contributed by atoms with Gasteiger partial charge >= 0.3 is 0 Å². The number of hydrogen-bond acceptors (Lipinski definition) is 4. The summed E-state index contributed by atoms with van der Waals surface area (Å²) in [6.45, 7) is 2.54. The maximum atomic E-state index is 12.3. The monoisotopic (exact) mass is 353 g/mol. The molecule has 0 radical (unpaired) electrons. The lowest BCUT2D eigenvalue weighted by Crippen LogP contribution is -2.39. The molecular weight excluding hydrogens is 326 g/mol. The summed E-state index contributed by atoms with van der Waals surface area (Å²) in [6, 6.07) is 11.2. The van der Waals surface area contributed by atoms with Crippen LogP contribution in [-0.4, -0.2) is 44.4 Å². The van der Waals surface area contributed by atoms with Crippen LogP contribution in [-0.2, 0) is 13.1 Å². The van der Waals surface area contributed by atoms with Gasteiger partial charge in [-0.1, -0.05) is 48.4 Å². The zero-order chi connectivity index (χ0) is 17.8. The summed E-state index contributed by atoms with van der Waals surface area (Å²) in [6.07, 6.45) is 9.66. The Hall–Kier alpha value is -2.21. The molecule has 1 amide bonds. The van der Waals surface area contributed by atoms with Crippen molar-refractivity contribution >= 4 is 5.91 Å². The van der Waals surface area contributed by atoms with Crippen molar-refractivity contribution in [2.75, 3.05) is 6.54 Å². The molecule has 1 aliphatic carbocycles. The van der Waals surface area contributed by atoms with E-state index in [0.717, 1.165) is 18.2 Å². The lowest BCUT2D eigenvalue weighted by atomic mass is 10.1. The zero-order valence-electron chi connectivity index (χ0n) is 15.2. The van der Waals surface area contributed by atoms with Crippen molar-refractivity contribution in [1.29, 1.82) is 0 Å². The molecule has 0 spiro atoms. The SMILES string of the molecule is O=C(NCc1ccccc1)c1cn(C[C@@H]2CCCN2C2CCCC2)nn1. The van der Waals surface area contributed by atoms with E-state index in [1.807, 2.05) is 35.0 Å². The van der Waals surface area contributed by atoms with E-state index in [4.69, 9.17) is 0 Å². The maximum Gasteiger partial charge on any atom is 0.273 e. The van der Waals surface area contributed by atoms with Crippen LogP contribution >= 0.6 is 0 Å². The molecule has 0 bridgehead atoms. The lowest BCUT2D eigenvalue weighted by molar-refractivity contribution is 0.0945. The summed E-state index contributed by atoms with van der Waals surface area (Å²) in [5, 5.41) is 11.2. The smallest absolute Gasteiger partial charge is 0.273 e. The molecule has 2 aliphatic rings. The molecule has 2 heterocycles. The number of likely N-dealkylation sites (tertiary alicyclic amines) is 1. The predicted octanol–water partition coefficient (Wildman–Crippen LogP) is 2.62. The molecule has 1 N–H and O–H groups in total. The number of amides is 1. The van der Waals surface area contributed by atoms with Gasteiger partial charge < -0.3 is 5.32 Å². The standard InChI is InChI=1S/C20H27N5O/c26-20(21-13-16-7-2-1-3-8-16)19-15-24(23-22-19)14-18-11-6-12-25(18)17-9-4-5-10-17/h1-3,7-8,15,17-18H,4-6,9-14H2,(H,21,26)/t18-/m0/s1. The number of nitrogens with zero attached hydrogens (tertiary/aromatic N) is 4. The van der Waals surface area contributed by atoms with Gasteiger partial charge in [-0.15, -0.1) is 5.10 Å². The highest BCUT2D eigenvalue weighted by Crippen LogP contribution is 2.30. The number of nitrogens with one attached hydrogen (secondary N) is 1. The van der Waals surface area contributed by atoms with E-state index in [2.05, 4.69) is 20.5 Å². The van der Waals surface area contributed by atoms with Crippen LogP contribution in [0.15, 0.2) is 36.5 Å². The van der Waals surface area contributed by atoms with Gasteiger partial charge in [0, 0.05) is 18.6 Å². The van der Waals surface area contributed by atoms with Crippen molar-refractivity contribution in [2.45, 2.75) is 63.7 Å². The summed E-state index contributed by atoms with van der Waals surface area (Å²) >= 11 is 0. The molecular formula is C20H27N5O. The number of benzene rings is 1. The minimum atomic E-state index is -0.167. The van der Waals surface area contributed by atoms with E-state index in [0.29, 0.717) is 18.3 Å². The van der Waals surface area contributed by atoms with Crippen LogP contribution in [0, 0.1) is 0 Å². The van der Waals surface area contributed by atoms with Gasteiger partial charge in [0.2, 0.25) is 0 Å². The van der Waals surface area contributed by atoms with Crippen LogP contribution in [0.2, 0.25) is 0 Å². The average molecular weight is 353 g/mol. The van der Waals surface area contributed by atoms with Crippen molar-refractivity contribution < 1.29 is 4.79 Å². The fourth-order valence-electron chi connectivity index (χ4n) is 4.35. The van der Waals surface area contributed by atoms with Crippen LogP contribution < -0.4 is 5.32 Å². The van der Waals surface area contributed by atoms with Crippen LogP contribution in [0.3, 0.4) is 0 Å². The molecule has 1 aliphatic heterocycles. The van der Waals surface area contributed by atoms with Gasteiger partial charge in [-0.2, -0.15) is 0 Å². The minimum absolute atomic E-state index is 0.167. The molecule has 2 aromatic rings. The molecule has 1 saturated carbocycles. The van der Waals surface area contributed by atoms with Crippen LogP contribution in [0.5, 0.6) is 0 Å². The van der Waals surface area contributed by atoms with E-state index in [1.54, 1.807) is 6.20 Å². The quantitative estimate of drug-likeness (QED) is 0.867. The van der Waals surface area contributed by atoms with Crippen molar-refractivity contribution in [3.8, 4) is 0 Å². The van der Waals surface area contributed by atoms with Gasteiger partial charge in [0.05, 0.1) is 12.7 Å². The molecule has 1 aromatic heterocycles. The fourth-order valence-corrected chi connectivity index (χ4v) is 4.35. The Balaban J connectivity index is 1.33. The molecule has 138 valence electrons. The first-order valence-corrected chi connectivity index (χ1v) is 9.77. The van der Waals surface area contributed by atoms with Crippen LogP contribution in [0.25, 0.3) is 0 Å². The predicted molar refractivity (Wildman–Crippen MR) is 99.6 cm³/mol. The summed E-state index contributed by atoms with van der Waals surface area (Å²) < 4.78 is 1.84. The second kappa shape index (κ2) is 7.99. The van der Waals surface area contributed by atoms with Crippen molar-refractivity contribution in [3.63, 3.8) is 0 Å². The first-order chi connectivity index (χ1) is 12.8. The summed E-state index contributed by atoms with van der Waals surface area (Å²) in [4.78, 5) is 15.0. The summed E-state index contributed by atoms with van der Waals surface area (Å²) in [5.74, 6) is -0.167. The summed E-state index contributed by atoms with van der Waals surface area (Å²) in [5.41, 5.74) is 1.47. The molecule has 1 saturated heterocycles. The highest BCUT2D eigenvalue weighted by molar-refractivity contribution is 5.91. The second-order valence-corrected chi connectivity index (χ2v) is 7.47. The van der Waals surface area contributed by atoms with Crippen molar-refractivity contribution in [3.05, 3.63) is 47.8 Å². The third-order valence-corrected chi connectivity index (χ3v) is 5.68. The molecule has 1 atom stereocenters. The Bertz CT molecular complexity index is 723. The number of hydrogen-bond donors (Lipinski definition) is 1. The van der Waals surface area contributed by atoms with E-state index in [1.165, 1.54) is 45.1 Å². The Morgan fingerprint density at radius 2 is 1.92 bits per heavy atom. The van der Waals surface area contributed by atoms with Crippen LogP contribution in [0.1, 0.15) is 54.6 Å². The van der Waals surface area contributed by atoms with Gasteiger partial charge in [0.1, 0.15) is 0 Å². The molecule has 4 rings (SSSR count). The highest BCUT2D eigenvalue weighted by Gasteiger charge is 2.32.